The van der Waals surface area contributed by atoms with Crippen molar-refractivity contribution >= 4 is 26.0 Å². The van der Waals surface area contributed by atoms with Gasteiger partial charge in [0.25, 0.3) is 5.91 Å². The quantitative estimate of drug-likeness (QED) is 0.557. The average Bonchev–Trinajstić information content (AvgIpc) is 2.84. The molecule has 34 heavy (non-hydrogen) atoms. The summed E-state index contributed by atoms with van der Waals surface area (Å²) in [4.78, 5) is 15.2. The van der Waals surface area contributed by atoms with Crippen molar-refractivity contribution in [2.75, 3.05) is 19.6 Å². The molecule has 4 rings (SSSR count). The summed E-state index contributed by atoms with van der Waals surface area (Å²) in [5.74, 6) is -0.293. The fraction of sp³-hybridized carbons (Fsp3) is 0.208. The second kappa shape index (κ2) is 9.67. The molecule has 0 aliphatic carbocycles. The largest absolute Gasteiger partial charge is 0.333 e. The number of nitrogens with zero attached hydrogens (tertiary/aromatic N) is 2. The average molecular weight is 500 g/mol. The van der Waals surface area contributed by atoms with Crippen LogP contribution >= 0.6 is 0 Å². The molecular weight excluding hydrogens is 474 g/mol. The zero-order valence-corrected chi connectivity index (χ0v) is 20.0. The molecule has 1 amide bonds. The summed E-state index contributed by atoms with van der Waals surface area (Å²) in [5, 5.41) is 5.15. The highest BCUT2D eigenvalue weighted by Gasteiger charge is 2.36. The predicted octanol–water partition coefficient (Wildman–Crippen LogP) is 2.09. The molecule has 3 aromatic carbocycles. The highest BCUT2D eigenvalue weighted by molar-refractivity contribution is 7.89. The summed E-state index contributed by atoms with van der Waals surface area (Å²) in [6.07, 6.45) is 0.475. The Balaban J connectivity index is 1.62. The third-order valence-corrected chi connectivity index (χ3v) is 8.64. The van der Waals surface area contributed by atoms with E-state index in [4.69, 9.17) is 5.14 Å². The predicted molar refractivity (Wildman–Crippen MR) is 128 cm³/mol. The van der Waals surface area contributed by atoms with Crippen LogP contribution in [0.5, 0.6) is 0 Å². The molecule has 1 aliphatic rings. The van der Waals surface area contributed by atoms with Crippen LogP contribution in [0.4, 0.5) is 0 Å². The minimum absolute atomic E-state index is 0.0799. The van der Waals surface area contributed by atoms with Crippen LogP contribution in [0, 0.1) is 0 Å². The normalized spacial score (nSPS) is 17.4. The van der Waals surface area contributed by atoms with Gasteiger partial charge in [-0.05, 0) is 48.4 Å². The number of amides is 1. The zero-order chi connectivity index (χ0) is 24.3. The van der Waals surface area contributed by atoms with Crippen LogP contribution in [0.15, 0.2) is 94.7 Å². The van der Waals surface area contributed by atoms with E-state index in [1.54, 1.807) is 35.2 Å². The number of hydrogen-bond acceptors (Lipinski definition) is 5. The first-order valence-corrected chi connectivity index (χ1v) is 13.7. The van der Waals surface area contributed by atoms with Crippen LogP contribution in [0.1, 0.15) is 15.9 Å². The Hall–Kier alpha value is -3.05. The van der Waals surface area contributed by atoms with Crippen molar-refractivity contribution in [3.05, 3.63) is 96.1 Å². The van der Waals surface area contributed by atoms with Crippen molar-refractivity contribution in [1.82, 2.24) is 9.21 Å². The van der Waals surface area contributed by atoms with E-state index in [-0.39, 0.29) is 35.3 Å². The maximum Gasteiger partial charge on any atom is 0.254 e. The van der Waals surface area contributed by atoms with Crippen LogP contribution in [0.3, 0.4) is 0 Å². The van der Waals surface area contributed by atoms with E-state index in [0.29, 0.717) is 12.0 Å². The Morgan fingerprint density at radius 2 is 1.38 bits per heavy atom. The van der Waals surface area contributed by atoms with Crippen LogP contribution in [-0.4, -0.2) is 57.6 Å². The molecule has 1 aliphatic heterocycles. The van der Waals surface area contributed by atoms with Crippen molar-refractivity contribution in [3.63, 3.8) is 0 Å². The smallest absolute Gasteiger partial charge is 0.254 e. The fourth-order valence-corrected chi connectivity index (χ4v) is 6.07. The zero-order valence-electron chi connectivity index (χ0n) is 18.3. The lowest BCUT2D eigenvalue weighted by molar-refractivity contribution is 0.0565. The highest BCUT2D eigenvalue weighted by atomic mass is 32.2. The van der Waals surface area contributed by atoms with Gasteiger partial charge in [0, 0.05) is 31.2 Å². The lowest BCUT2D eigenvalue weighted by atomic mass is 10.0. The number of nitrogens with two attached hydrogens (primary N) is 1. The van der Waals surface area contributed by atoms with E-state index < -0.39 is 26.1 Å². The Kier molecular flexibility index (Phi) is 6.85. The van der Waals surface area contributed by atoms with Gasteiger partial charge < -0.3 is 4.90 Å². The van der Waals surface area contributed by atoms with Crippen LogP contribution in [0.2, 0.25) is 0 Å². The van der Waals surface area contributed by atoms with E-state index >= 15 is 0 Å². The molecule has 8 nitrogen and oxygen atoms in total. The minimum Gasteiger partial charge on any atom is -0.333 e. The van der Waals surface area contributed by atoms with E-state index in [1.165, 1.54) is 28.6 Å². The second-order valence-electron chi connectivity index (χ2n) is 8.09. The molecule has 0 unspecified atom stereocenters. The first-order chi connectivity index (χ1) is 16.2. The van der Waals surface area contributed by atoms with Gasteiger partial charge in [-0.25, -0.2) is 22.0 Å². The number of carbonyl (C=O) groups excluding carboxylic acids is 1. The number of piperazine rings is 1. The van der Waals surface area contributed by atoms with E-state index in [0.717, 1.165) is 5.56 Å². The van der Waals surface area contributed by atoms with Gasteiger partial charge in [-0.3, -0.25) is 4.79 Å². The summed E-state index contributed by atoms with van der Waals surface area (Å²) in [6, 6.07) is 22.9. The highest BCUT2D eigenvalue weighted by Crippen LogP contribution is 2.24. The van der Waals surface area contributed by atoms with Gasteiger partial charge in [-0.15, -0.1) is 0 Å². The van der Waals surface area contributed by atoms with Crippen molar-refractivity contribution < 1.29 is 21.6 Å². The van der Waals surface area contributed by atoms with Crippen LogP contribution in [0.25, 0.3) is 0 Å². The summed E-state index contributed by atoms with van der Waals surface area (Å²) < 4.78 is 50.9. The van der Waals surface area contributed by atoms with Gasteiger partial charge in [-0.2, -0.15) is 4.31 Å². The molecule has 178 valence electrons. The molecule has 0 radical (unpaired) electrons. The SMILES string of the molecule is NS(=O)(=O)c1ccc(C(=O)N2CCN(S(=O)(=O)c3ccccc3)C[C@H]2Cc2ccccc2)cc1. The first kappa shape index (κ1) is 24.1. The molecule has 0 spiro atoms. The van der Waals surface area contributed by atoms with Gasteiger partial charge in [-0.1, -0.05) is 48.5 Å². The number of sulfonamides is 2. The molecule has 0 saturated carbocycles. The molecule has 1 saturated heterocycles. The second-order valence-corrected chi connectivity index (χ2v) is 11.6. The summed E-state index contributed by atoms with van der Waals surface area (Å²) in [5.41, 5.74) is 1.29. The van der Waals surface area contributed by atoms with Crippen molar-refractivity contribution in [2.45, 2.75) is 22.3 Å². The first-order valence-electron chi connectivity index (χ1n) is 10.7. The van der Waals surface area contributed by atoms with E-state index in [1.807, 2.05) is 30.3 Å². The third-order valence-electron chi connectivity index (χ3n) is 5.83. The molecule has 10 heteroatoms. The number of hydrogen-bond donors (Lipinski definition) is 1. The summed E-state index contributed by atoms with van der Waals surface area (Å²) in [7, 11) is -7.58. The summed E-state index contributed by atoms with van der Waals surface area (Å²) >= 11 is 0. The number of benzene rings is 3. The van der Waals surface area contributed by atoms with Crippen molar-refractivity contribution in [3.8, 4) is 0 Å². The van der Waals surface area contributed by atoms with Gasteiger partial charge in [0.1, 0.15) is 0 Å². The van der Waals surface area contributed by atoms with Gasteiger partial charge >= 0.3 is 0 Å². The van der Waals surface area contributed by atoms with E-state index in [2.05, 4.69) is 0 Å². The number of carbonyl (C=O) groups is 1. The third kappa shape index (κ3) is 5.20. The standard InChI is InChI=1S/C24H25N3O5S2/c25-33(29,30)22-13-11-20(12-14-22)24(28)27-16-15-26(34(31,32)23-9-5-2-6-10-23)18-21(27)17-19-7-3-1-4-8-19/h1-14,21H,15-18H2,(H2,25,29,30)/t21-/m1/s1. The lowest BCUT2D eigenvalue weighted by Crippen LogP contribution is -2.57. The summed E-state index contributed by atoms with van der Waals surface area (Å²) in [6.45, 7) is 0.510. The molecule has 1 atom stereocenters. The molecular formula is C24H25N3O5S2. The van der Waals surface area contributed by atoms with Gasteiger partial charge in [0.15, 0.2) is 0 Å². The van der Waals surface area contributed by atoms with E-state index in [9.17, 15) is 21.6 Å². The number of primary sulfonamides is 1. The monoisotopic (exact) mass is 499 g/mol. The van der Waals surface area contributed by atoms with Crippen LogP contribution < -0.4 is 5.14 Å². The number of rotatable bonds is 6. The van der Waals surface area contributed by atoms with Gasteiger partial charge in [0.2, 0.25) is 20.0 Å². The maximum absolute atomic E-state index is 13.4. The Morgan fingerprint density at radius 1 is 0.794 bits per heavy atom. The lowest BCUT2D eigenvalue weighted by Gasteiger charge is -2.41. The Labute approximate surface area is 199 Å². The minimum atomic E-state index is -3.87. The fourth-order valence-electron chi connectivity index (χ4n) is 4.07. The molecule has 0 bridgehead atoms. The molecule has 3 aromatic rings. The molecule has 0 aromatic heterocycles. The maximum atomic E-state index is 13.4. The Bertz CT molecular complexity index is 1360. The van der Waals surface area contributed by atoms with Gasteiger partial charge in [0.05, 0.1) is 9.79 Å². The topological polar surface area (TPSA) is 118 Å². The molecule has 2 N–H and O–H groups in total. The van der Waals surface area contributed by atoms with Crippen molar-refractivity contribution in [1.29, 1.82) is 0 Å². The molecule has 1 heterocycles. The molecule has 1 fully saturated rings. The van der Waals surface area contributed by atoms with Crippen LogP contribution in [-0.2, 0) is 26.5 Å². The Morgan fingerprint density at radius 3 is 1.97 bits per heavy atom. The van der Waals surface area contributed by atoms with Crippen molar-refractivity contribution in [2.24, 2.45) is 5.14 Å².